The van der Waals surface area contributed by atoms with Crippen molar-refractivity contribution in [2.75, 3.05) is 5.32 Å². The second kappa shape index (κ2) is 5.57. The molecule has 0 aliphatic heterocycles. The van der Waals surface area contributed by atoms with Gasteiger partial charge < -0.3 is 5.32 Å². The van der Waals surface area contributed by atoms with Gasteiger partial charge in [-0.25, -0.2) is 0 Å². The maximum Gasteiger partial charge on any atom is 0.416 e. The van der Waals surface area contributed by atoms with Crippen LogP contribution in [0.5, 0.6) is 0 Å². The molecule has 1 nitrogen and oxygen atoms in total. The third-order valence-electron chi connectivity index (χ3n) is 3.29. The first-order valence-electron chi connectivity index (χ1n) is 6.34. The molecule has 0 atom stereocenters. The highest BCUT2D eigenvalue weighted by molar-refractivity contribution is 5.50. The van der Waals surface area contributed by atoms with Crippen molar-refractivity contribution in [1.29, 1.82) is 0 Å². The van der Waals surface area contributed by atoms with E-state index in [9.17, 15) is 13.2 Å². The summed E-state index contributed by atoms with van der Waals surface area (Å²) in [7, 11) is 0. The maximum absolute atomic E-state index is 12.8. The van der Waals surface area contributed by atoms with Crippen molar-refractivity contribution < 1.29 is 13.2 Å². The van der Waals surface area contributed by atoms with E-state index in [2.05, 4.69) is 5.32 Å². The van der Waals surface area contributed by atoms with Crippen LogP contribution in [0.2, 0.25) is 0 Å². The van der Waals surface area contributed by atoms with Crippen LogP contribution < -0.4 is 5.32 Å². The van der Waals surface area contributed by atoms with Crippen molar-refractivity contribution in [3.8, 4) is 0 Å². The zero-order valence-corrected chi connectivity index (χ0v) is 11.4. The predicted octanol–water partition coefficient (Wildman–Crippen LogP) is 4.93. The van der Waals surface area contributed by atoms with E-state index in [1.165, 1.54) is 13.0 Å². The number of alkyl halides is 3. The summed E-state index contributed by atoms with van der Waals surface area (Å²) in [6.45, 7) is 3.95. The van der Waals surface area contributed by atoms with Crippen LogP contribution in [0.25, 0.3) is 0 Å². The highest BCUT2D eigenvalue weighted by Gasteiger charge is 2.32. The Hall–Kier alpha value is -1.97. The zero-order valence-electron chi connectivity index (χ0n) is 11.4. The van der Waals surface area contributed by atoms with E-state index in [0.717, 1.165) is 17.2 Å². The smallest absolute Gasteiger partial charge is 0.381 e. The van der Waals surface area contributed by atoms with E-state index >= 15 is 0 Å². The van der Waals surface area contributed by atoms with Crippen molar-refractivity contribution in [3.63, 3.8) is 0 Å². The highest BCUT2D eigenvalue weighted by Crippen LogP contribution is 2.33. The van der Waals surface area contributed by atoms with Crippen molar-refractivity contribution in [2.24, 2.45) is 0 Å². The Bertz CT molecular complexity index is 603. The molecule has 0 aliphatic rings. The number of halogens is 3. The molecule has 0 aliphatic carbocycles. The van der Waals surface area contributed by atoms with Crippen LogP contribution in [0.3, 0.4) is 0 Å². The van der Waals surface area contributed by atoms with Gasteiger partial charge in [-0.05, 0) is 42.7 Å². The number of hydrogen-bond donors (Lipinski definition) is 1. The molecule has 2 aromatic carbocycles. The van der Waals surface area contributed by atoms with Crippen LogP contribution in [0.15, 0.2) is 42.5 Å². The minimum Gasteiger partial charge on any atom is -0.381 e. The third-order valence-corrected chi connectivity index (χ3v) is 3.29. The Morgan fingerprint density at radius 2 is 1.65 bits per heavy atom. The van der Waals surface area contributed by atoms with Gasteiger partial charge in [0.15, 0.2) is 0 Å². The molecule has 0 bridgehead atoms. The Kier molecular flexibility index (Phi) is 4.02. The normalized spacial score (nSPS) is 11.4. The average Bonchev–Trinajstić information content (AvgIpc) is 2.38. The van der Waals surface area contributed by atoms with Crippen molar-refractivity contribution >= 4 is 5.69 Å². The van der Waals surface area contributed by atoms with Gasteiger partial charge in [0.2, 0.25) is 0 Å². The standard InChI is InChI=1S/C16H16F3N/c1-11-5-3-4-6-13(11)10-20-14-8-7-12(2)15(9-14)16(17,18)19/h3-9,20H,10H2,1-2H3. The first-order valence-corrected chi connectivity index (χ1v) is 6.34. The van der Waals surface area contributed by atoms with Gasteiger partial charge in [0.05, 0.1) is 5.56 Å². The molecule has 0 fully saturated rings. The van der Waals surface area contributed by atoms with E-state index in [1.54, 1.807) is 6.07 Å². The molecule has 0 unspecified atom stereocenters. The van der Waals surface area contributed by atoms with Gasteiger partial charge in [-0.1, -0.05) is 30.3 Å². The molecule has 0 radical (unpaired) electrons. The van der Waals surface area contributed by atoms with Crippen LogP contribution >= 0.6 is 0 Å². The average molecular weight is 279 g/mol. The molecule has 0 saturated heterocycles. The molecule has 106 valence electrons. The molecule has 0 amide bonds. The predicted molar refractivity (Wildman–Crippen MR) is 74.7 cm³/mol. The summed E-state index contributed by atoms with van der Waals surface area (Å²) in [6, 6.07) is 12.1. The minimum atomic E-state index is -4.32. The molecule has 0 aromatic heterocycles. The Morgan fingerprint density at radius 1 is 0.950 bits per heavy atom. The van der Waals surface area contributed by atoms with Crippen LogP contribution in [0, 0.1) is 13.8 Å². The second-order valence-electron chi connectivity index (χ2n) is 4.81. The van der Waals surface area contributed by atoms with Crippen LogP contribution in [-0.2, 0) is 12.7 Å². The first-order chi connectivity index (χ1) is 9.38. The number of nitrogens with one attached hydrogen (secondary N) is 1. The topological polar surface area (TPSA) is 12.0 Å². The maximum atomic E-state index is 12.8. The van der Waals surface area contributed by atoms with Gasteiger partial charge in [-0.3, -0.25) is 0 Å². The second-order valence-corrected chi connectivity index (χ2v) is 4.81. The Balaban J connectivity index is 2.17. The van der Waals surface area contributed by atoms with E-state index in [-0.39, 0.29) is 5.56 Å². The summed E-state index contributed by atoms with van der Waals surface area (Å²) >= 11 is 0. The molecule has 2 aromatic rings. The van der Waals surface area contributed by atoms with Gasteiger partial charge in [0.25, 0.3) is 0 Å². The molecular formula is C16H16F3N. The van der Waals surface area contributed by atoms with Crippen LogP contribution in [0.1, 0.15) is 22.3 Å². The Morgan fingerprint density at radius 3 is 2.30 bits per heavy atom. The minimum absolute atomic E-state index is 0.235. The SMILES string of the molecule is Cc1ccccc1CNc1ccc(C)c(C(F)(F)F)c1. The zero-order chi connectivity index (χ0) is 14.8. The highest BCUT2D eigenvalue weighted by atomic mass is 19.4. The van der Waals surface area contributed by atoms with Crippen molar-refractivity contribution in [2.45, 2.75) is 26.6 Å². The van der Waals surface area contributed by atoms with E-state index in [1.807, 2.05) is 31.2 Å². The summed E-state index contributed by atoms with van der Waals surface area (Å²) in [5.41, 5.74) is 2.31. The van der Waals surface area contributed by atoms with E-state index in [0.29, 0.717) is 12.2 Å². The molecule has 4 heteroatoms. The quantitative estimate of drug-likeness (QED) is 0.839. The summed E-state index contributed by atoms with van der Waals surface area (Å²) in [5, 5.41) is 3.04. The lowest BCUT2D eigenvalue weighted by atomic mass is 10.1. The largest absolute Gasteiger partial charge is 0.416 e. The summed E-state index contributed by atoms with van der Waals surface area (Å²) in [6.07, 6.45) is -4.32. The van der Waals surface area contributed by atoms with Crippen molar-refractivity contribution in [1.82, 2.24) is 0 Å². The molecule has 1 N–H and O–H groups in total. The van der Waals surface area contributed by atoms with Gasteiger partial charge in [0, 0.05) is 12.2 Å². The molecule has 0 spiro atoms. The third kappa shape index (κ3) is 3.32. The van der Waals surface area contributed by atoms with Crippen LogP contribution in [-0.4, -0.2) is 0 Å². The molecule has 0 saturated carbocycles. The van der Waals surface area contributed by atoms with E-state index in [4.69, 9.17) is 0 Å². The lowest BCUT2D eigenvalue weighted by Gasteiger charge is -2.14. The van der Waals surface area contributed by atoms with Crippen LogP contribution in [0.4, 0.5) is 18.9 Å². The Labute approximate surface area is 116 Å². The van der Waals surface area contributed by atoms with Gasteiger partial charge in [0.1, 0.15) is 0 Å². The lowest BCUT2D eigenvalue weighted by molar-refractivity contribution is -0.138. The molecule has 20 heavy (non-hydrogen) atoms. The van der Waals surface area contributed by atoms with Gasteiger partial charge in [-0.2, -0.15) is 13.2 Å². The monoisotopic (exact) mass is 279 g/mol. The fourth-order valence-electron chi connectivity index (χ4n) is 2.04. The fourth-order valence-corrected chi connectivity index (χ4v) is 2.04. The van der Waals surface area contributed by atoms with Crippen molar-refractivity contribution in [3.05, 3.63) is 64.7 Å². The number of anilines is 1. The van der Waals surface area contributed by atoms with Gasteiger partial charge >= 0.3 is 6.18 Å². The van der Waals surface area contributed by atoms with Gasteiger partial charge in [-0.15, -0.1) is 0 Å². The first kappa shape index (κ1) is 14.4. The molecular weight excluding hydrogens is 263 g/mol. The fraction of sp³-hybridized carbons (Fsp3) is 0.250. The summed E-state index contributed by atoms with van der Waals surface area (Å²) in [4.78, 5) is 0. The number of rotatable bonds is 3. The number of benzene rings is 2. The summed E-state index contributed by atoms with van der Waals surface area (Å²) in [5.74, 6) is 0. The number of hydrogen-bond acceptors (Lipinski definition) is 1. The molecule has 2 rings (SSSR count). The lowest BCUT2D eigenvalue weighted by Crippen LogP contribution is -2.09. The number of aryl methyl sites for hydroxylation is 2. The molecule has 0 heterocycles. The van der Waals surface area contributed by atoms with E-state index < -0.39 is 11.7 Å². The summed E-state index contributed by atoms with van der Waals surface area (Å²) < 4.78 is 38.5.